The predicted octanol–water partition coefficient (Wildman–Crippen LogP) is 8.58. The number of fused-ring (bicyclic) bond motifs is 2. The third-order valence-electron chi connectivity index (χ3n) is 8.47. The molecule has 2 saturated carbocycles. The van der Waals surface area contributed by atoms with E-state index in [4.69, 9.17) is 4.55 Å². The molecule has 39 heavy (non-hydrogen) atoms. The van der Waals surface area contributed by atoms with Crippen LogP contribution in [-0.4, -0.2) is 18.8 Å². The Kier molecular flexibility index (Phi) is 8.49. The van der Waals surface area contributed by atoms with E-state index in [2.05, 4.69) is 48.5 Å². The first-order valence-corrected chi connectivity index (χ1v) is 15.7. The fourth-order valence-corrected chi connectivity index (χ4v) is 6.85. The third kappa shape index (κ3) is 6.59. The van der Waals surface area contributed by atoms with Crippen LogP contribution in [-0.2, 0) is 21.3 Å². The molecule has 2 aliphatic rings. The van der Waals surface area contributed by atoms with Crippen molar-refractivity contribution < 1.29 is 17.8 Å². The van der Waals surface area contributed by atoms with Crippen LogP contribution in [0.4, 0.5) is 0 Å². The fourth-order valence-electron chi connectivity index (χ4n) is 6.37. The van der Waals surface area contributed by atoms with Gasteiger partial charge in [0.2, 0.25) is 0 Å². The lowest BCUT2D eigenvalue weighted by Gasteiger charge is -2.28. The van der Waals surface area contributed by atoms with Crippen LogP contribution in [0.5, 0.6) is 0 Å². The number of aryl methyl sites for hydroxylation is 1. The first-order chi connectivity index (χ1) is 18.8. The van der Waals surface area contributed by atoms with Crippen molar-refractivity contribution in [1.29, 1.82) is 0 Å². The number of hydrogen-bond donors (Lipinski definition) is 1. The van der Waals surface area contributed by atoms with Crippen LogP contribution in [0.25, 0.3) is 21.5 Å². The van der Waals surface area contributed by atoms with Gasteiger partial charge in [0, 0.05) is 12.3 Å². The SMILES string of the molecule is Cc1ccc(S(=O)(=O)O)cc1.O=C1CCCCC1c1c(CC2CCCCC2)ccc2cc3ccccc3cc12. The average Bonchev–Trinajstić information content (AvgIpc) is 2.93. The Hall–Kier alpha value is -3.02. The molecule has 1 N–H and O–H groups in total. The van der Waals surface area contributed by atoms with Crippen molar-refractivity contribution in [3.63, 3.8) is 0 Å². The van der Waals surface area contributed by atoms with Crippen LogP contribution in [0.3, 0.4) is 0 Å². The zero-order valence-corrected chi connectivity index (χ0v) is 23.6. The maximum Gasteiger partial charge on any atom is 0.294 e. The molecule has 0 spiro atoms. The molecular weight excluding hydrogens is 504 g/mol. The van der Waals surface area contributed by atoms with Crippen molar-refractivity contribution in [2.24, 2.45) is 5.92 Å². The van der Waals surface area contributed by atoms with Crippen molar-refractivity contribution in [2.75, 3.05) is 0 Å². The molecule has 0 heterocycles. The second-order valence-electron chi connectivity index (χ2n) is 11.3. The molecule has 2 fully saturated rings. The summed E-state index contributed by atoms with van der Waals surface area (Å²) in [5.74, 6) is 1.37. The predicted molar refractivity (Wildman–Crippen MR) is 159 cm³/mol. The van der Waals surface area contributed by atoms with E-state index in [1.165, 1.54) is 83.3 Å². The lowest BCUT2D eigenvalue weighted by molar-refractivity contribution is -0.121. The Bertz CT molecular complexity index is 1560. The molecule has 0 radical (unpaired) electrons. The summed E-state index contributed by atoms with van der Waals surface area (Å²) < 4.78 is 29.6. The molecule has 2 aliphatic carbocycles. The molecule has 0 bridgehead atoms. The number of rotatable bonds is 4. The van der Waals surface area contributed by atoms with Crippen molar-refractivity contribution >= 4 is 37.4 Å². The van der Waals surface area contributed by atoms with Gasteiger partial charge in [-0.15, -0.1) is 0 Å². The zero-order valence-electron chi connectivity index (χ0n) is 22.7. The lowest BCUT2D eigenvalue weighted by atomic mass is 9.76. The third-order valence-corrected chi connectivity index (χ3v) is 9.34. The number of carbonyl (C=O) groups is 1. The highest BCUT2D eigenvalue weighted by Crippen LogP contribution is 2.40. The molecule has 4 nitrogen and oxygen atoms in total. The highest BCUT2D eigenvalue weighted by molar-refractivity contribution is 7.85. The minimum atomic E-state index is -4.02. The first kappa shape index (κ1) is 27.5. The van der Waals surface area contributed by atoms with Crippen molar-refractivity contribution in [1.82, 2.24) is 0 Å². The van der Waals surface area contributed by atoms with Gasteiger partial charge >= 0.3 is 0 Å². The second-order valence-corrected chi connectivity index (χ2v) is 12.7. The molecule has 0 amide bonds. The van der Waals surface area contributed by atoms with Gasteiger partial charge in [-0.25, -0.2) is 0 Å². The number of hydrogen-bond acceptors (Lipinski definition) is 3. The second kappa shape index (κ2) is 12.0. The van der Waals surface area contributed by atoms with Crippen LogP contribution in [0.2, 0.25) is 0 Å². The van der Waals surface area contributed by atoms with Gasteiger partial charge in [0.15, 0.2) is 0 Å². The lowest BCUT2D eigenvalue weighted by Crippen LogP contribution is -2.20. The molecule has 1 unspecified atom stereocenters. The highest BCUT2D eigenvalue weighted by atomic mass is 32.2. The van der Waals surface area contributed by atoms with Crippen LogP contribution < -0.4 is 0 Å². The Morgan fingerprint density at radius 1 is 0.769 bits per heavy atom. The monoisotopic (exact) mass is 542 g/mol. The van der Waals surface area contributed by atoms with Crippen LogP contribution in [0.1, 0.15) is 80.4 Å². The molecule has 0 aromatic heterocycles. The summed E-state index contributed by atoms with van der Waals surface area (Å²) in [5, 5.41) is 5.19. The summed E-state index contributed by atoms with van der Waals surface area (Å²) in [4.78, 5) is 12.9. The van der Waals surface area contributed by atoms with Gasteiger partial charge in [0.05, 0.1) is 4.90 Å². The minimum absolute atomic E-state index is 0.0666. The quantitative estimate of drug-likeness (QED) is 0.207. The summed E-state index contributed by atoms with van der Waals surface area (Å²) in [7, 11) is -4.02. The summed E-state index contributed by atoms with van der Waals surface area (Å²) in [6.45, 7) is 1.84. The van der Waals surface area contributed by atoms with Gasteiger partial charge in [0.25, 0.3) is 10.1 Å². The summed E-state index contributed by atoms with van der Waals surface area (Å²) in [6, 6.07) is 23.9. The molecule has 1 atom stereocenters. The fraction of sp³-hybridized carbons (Fsp3) is 0.382. The molecular formula is C34H38O4S. The van der Waals surface area contributed by atoms with E-state index < -0.39 is 10.1 Å². The number of Topliss-reactive ketones (excluding diaryl/α,β-unsaturated/α-hetero) is 1. The van der Waals surface area contributed by atoms with Gasteiger partial charge < -0.3 is 0 Å². The molecule has 0 saturated heterocycles. The van der Waals surface area contributed by atoms with Gasteiger partial charge in [-0.2, -0.15) is 8.42 Å². The first-order valence-electron chi connectivity index (χ1n) is 14.3. The average molecular weight is 543 g/mol. The van der Waals surface area contributed by atoms with Crippen LogP contribution in [0.15, 0.2) is 77.7 Å². The van der Waals surface area contributed by atoms with Gasteiger partial charge in [-0.05, 0) is 89.0 Å². The normalized spacial score (nSPS) is 18.6. The van der Waals surface area contributed by atoms with E-state index in [1.54, 1.807) is 12.1 Å². The van der Waals surface area contributed by atoms with Crippen molar-refractivity contribution in [2.45, 2.75) is 81.9 Å². The maximum atomic E-state index is 12.9. The standard InChI is InChI=1S/C27H30O.C7H8O3S/c28-26-13-7-6-12-24(26)27-23(16-19-8-2-1-3-9-19)15-14-22-17-20-10-4-5-11-21(20)18-25(22)27;1-6-2-4-7(5-3-6)11(8,9)10/h4-5,10-11,14-15,17-19,24H,1-3,6-9,12-13,16H2;2-5H,1H3,(H,8,9,10). The number of benzene rings is 4. The van der Waals surface area contributed by atoms with E-state index in [-0.39, 0.29) is 10.8 Å². The largest absolute Gasteiger partial charge is 0.299 e. The molecule has 204 valence electrons. The Morgan fingerprint density at radius 2 is 1.44 bits per heavy atom. The summed E-state index contributed by atoms with van der Waals surface area (Å²) in [5.41, 5.74) is 3.78. The topological polar surface area (TPSA) is 71.4 Å². The summed E-state index contributed by atoms with van der Waals surface area (Å²) in [6.07, 6.45) is 12.1. The van der Waals surface area contributed by atoms with Gasteiger partial charge in [0.1, 0.15) is 5.78 Å². The highest BCUT2D eigenvalue weighted by Gasteiger charge is 2.28. The number of ketones is 1. The molecule has 5 heteroatoms. The summed E-state index contributed by atoms with van der Waals surface area (Å²) >= 11 is 0. The zero-order chi connectivity index (χ0) is 27.4. The van der Waals surface area contributed by atoms with Crippen molar-refractivity contribution in [3.8, 4) is 0 Å². The van der Waals surface area contributed by atoms with Gasteiger partial charge in [-0.1, -0.05) is 92.6 Å². The van der Waals surface area contributed by atoms with Crippen LogP contribution >= 0.6 is 0 Å². The Balaban J connectivity index is 0.000000237. The molecule has 6 rings (SSSR count). The van der Waals surface area contributed by atoms with Crippen LogP contribution in [0, 0.1) is 12.8 Å². The van der Waals surface area contributed by atoms with E-state index >= 15 is 0 Å². The maximum absolute atomic E-state index is 12.9. The Labute approximate surface area is 232 Å². The minimum Gasteiger partial charge on any atom is -0.299 e. The van der Waals surface area contributed by atoms with E-state index in [9.17, 15) is 13.2 Å². The van der Waals surface area contributed by atoms with E-state index in [0.717, 1.165) is 37.2 Å². The Morgan fingerprint density at radius 3 is 2.10 bits per heavy atom. The van der Waals surface area contributed by atoms with E-state index in [1.807, 2.05) is 6.92 Å². The van der Waals surface area contributed by atoms with Gasteiger partial charge in [-0.3, -0.25) is 9.35 Å². The molecule has 0 aliphatic heterocycles. The van der Waals surface area contributed by atoms with Crippen molar-refractivity contribution in [3.05, 3.63) is 89.5 Å². The smallest absolute Gasteiger partial charge is 0.294 e. The molecule has 4 aromatic rings. The molecule has 4 aromatic carbocycles. The van der Waals surface area contributed by atoms with E-state index in [0.29, 0.717) is 5.78 Å². The number of carbonyl (C=O) groups excluding carboxylic acids is 1.